The fourth-order valence-corrected chi connectivity index (χ4v) is 5.22. The lowest BCUT2D eigenvalue weighted by Crippen LogP contribution is -2.31. The summed E-state index contributed by atoms with van der Waals surface area (Å²) < 4.78 is 5.28. The first-order valence-corrected chi connectivity index (χ1v) is 8.29. The highest BCUT2D eigenvalue weighted by molar-refractivity contribution is 7.83. The van der Waals surface area contributed by atoms with Crippen LogP contribution in [-0.2, 0) is 6.42 Å². The fraction of sp³-hybridized carbons (Fsp3) is 0.750. The first-order chi connectivity index (χ1) is 7.81. The van der Waals surface area contributed by atoms with Crippen LogP contribution in [0.25, 0.3) is 0 Å². The van der Waals surface area contributed by atoms with E-state index in [-0.39, 0.29) is 0 Å². The Hall–Kier alpha value is 0.200. The molecule has 1 aromatic heterocycles. The Kier molecular flexibility index (Phi) is 4.92. The number of rotatable bonds is 3. The molecule has 0 radical (unpaired) electrons. The van der Waals surface area contributed by atoms with Crippen molar-refractivity contribution in [3.05, 3.63) is 8.86 Å². The highest BCUT2D eigenvalue weighted by Gasteiger charge is 2.15. The second kappa shape index (κ2) is 6.22. The number of hydrogen-bond donors (Lipinski definition) is 1. The summed E-state index contributed by atoms with van der Waals surface area (Å²) >= 11 is 8.47. The molecule has 0 N–H and O–H groups in total. The molecule has 1 saturated heterocycles. The Labute approximate surface area is 111 Å². The second-order valence-corrected chi connectivity index (χ2v) is 7.44. The molecule has 16 heavy (non-hydrogen) atoms. The van der Waals surface area contributed by atoms with Gasteiger partial charge in [0.1, 0.15) is 13.1 Å². The van der Waals surface area contributed by atoms with E-state index in [9.17, 15) is 0 Å². The molecule has 4 heteroatoms. The summed E-state index contributed by atoms with van der Waals surface area (Å²) in [4.78, 5) is 1.50. The first-order valence-electron chi connectivity index (χ1n) is 6.21. The predicted octanol–water partition coefficient (Wildman–Crippen LogP) is 3.40. The average Bonchev–Trinajstić information content (AvgIpc) is 2.69. The van der Waals surface area contributed by atoms with Crippen molar-refractivity contribution in [2.45, 2.75) is 49.7 Å². The highest BCUT2D eigenvalue weighted by atomic mass is 32.2. The second-order valence-electron chi connectivity index (χ2n) is 4.35. The van der Waals surface area contributed by atoms with Gasteiger partial charge < -0.3 is 0 Å². The van der Waals surface area contributed by atoms with Gasteiger partial charge in [0.2, 0.25) is 0 Å². The number of piperidine rings is 1. The van der Waals surface area contributed by atoms with Gasteiger partial charge in [-0.05, 0) is 19.3 Å². The molecule has 2 heterocycles. The summed E-state index contributed by atoms with van der Waals surface area (Å²) in [5.41, 5.74) is 0. The molecule has 1 aliphatic heterocycles. The van der Waals surface area contributed by atoms with E-state index < -0.39 is 0 Å². The summed E-state index contributed by atoms with van der Waals surface area (Å²) in [7, 11) is 0. The number of hydrogen-bond acceptors (Lipinski definition) is 3. The Morgan fingerprint density at radius 1 is 1.19 bits per heavy atom. The van der Waals surface area contributed by atoms with Crippen molar-refractivity contribution in [2.24, 2.45) is 0 Å². The quantitative estimate of drug-likeness (QED) is 0.636. The van der Waals surface area contributed by atoms with Gasteiger partial charge in [-0.25, -0.2) is 4.58 Å². The summed E-state index contributed by atoms with van der Waals surface area (Å²) in [5.74, 6) is 0. The van der Waals surface area contributed by atoms with Crippen molar-refractivity contribution in [3.8, 4) is 0 Å². The molecule has 0 unspecified atom stereocenters. The Bertz CT molecular complexity index is 395. The van der Waals surface area contributed by atoms with Crippen LogP contribution in [0.2, 0.25) is 0 Å². The third-order valence-corrected chi connectivity index (χ3v) is 6.29. The van der Waals surface area contributed by atoms with Crippen molar-refractivity contribution in [3.63, 3.8) is 0 Å². The molecule has 1 aromatic rings. The molecule has 1 fully saturated rings. The lowest BCUT2D eigenvalue weighted by atomic mass is 10.2. The largest absolute Gasteiger partial charge is 0.315 e. The minimum atomic E-state index is 1.21. The highest BCUT2D eigenvalue weighted by Crippen LogP contribution is 2.23. The normalized spacial score (nSPS) is 16.8. The van der Waals surface area contributed by atoms with Gasteiger partial charge in [0.15, 0.2) is 0 Å². The molecule has 0 saturated carbocycles. The van der Waals surface area contributed by atoms with Crippen molar-refractivity contribution >= 4 is 35.3 Å². The zero-order chi connectivity index (χ0) is 11.4. The van der Waals surface area contributed by atoms with Crippen LogP contribution >= 0.6 is 35.3 Å². The lowest BCUT2D eigenvalue weighted by molar-refractivity contribution is 0.459. The van der Waals surface area contributed by atoms with Gasteiger partial charge in [0, 0.05) is 17.7 Å². The number of unbranched alkanes of at least 4 members (excludes halogenated alkanes) is 1. The van der Waals surface area contributed by atoms with Crippen molar-refractivity contribution < 1.29 is 0 Å². The van der Waals surface area contributed by atoms with Crippen LogP contribution in [-0.4, -0.2) is 13.1 Å². The van der Waals surface area contributed by atoms with Gasteiger partial charge in [-0.3, -0.25) is 0 Å². The molecule has 0 atom stereocenters. The smallest absolute Gasteiger partial charge is 0.212 e. The number of aryl methyl sites for hydroxylation is 1. The van der Waals surface area contributed by atoms with E-state index in [2.05, 4.69) is 24.1 Å². The molecule has 90 valence electrons. The summed E-state index contributed by atoms with van der Waals surface area (Å²) in [6, 6.07) is 0. The summed E-state index contributed by atoms with van der Waals surface area (Å²) in [6.45, 7) is 4.75. The minimum Gasteiger partial charge on any atom is -0.212 e. The molecule has 0 aliphatic carbocycles. The molecule has 1 nitrogen and oxygen atoms in total. The maximum atomic E-state index is 4.61. The fourth-order valence-electron chi connectivity index (χ4n) is 2.01. The maximum Gasteiger partial charge on any atom is 0.315 e. The third kappa shape index (κ3) is 3.11. The number of nitrogens with zero attached hydrogens (tertiary/aromatic N) is 1. The predicted molar refractivity (Wildman–Crippen MR) is 76.9 cm³/mol. The summed E-state index contributed by atoms with van der Waals surface area (Å²) in [5, 5.41) is 0. The van der Waals surface area contributed by atoms with Gasteiger partial charge in [-0.1, -0.05) is 36.0 Å². The molecular weight excluding hydrogens is 254 g/mol. The van der Waals surface area contributed by atoms with Gasteiger partial charge in [0.25, 0.3) is 0 Å². The maximum absolute atomic E-state index is 4.61. The number of thiol groups is 1. The van der Waals surface area contributed by atoms with Crippen molar-refractivity contribution in [2.75, 3.05) is 13.1 Å². The van der Waals surface area contributed by atoms with E-state index in [0.29, 0.717) is 0 Å². The van der Waals surface area contributed by atoms with Gasteiger partial charge >= 0.3 is 3.98 Å². The molecule has 0 amide bonds. The summed E-state index contributed by atoms with van der Waals surface area (Å²) in [6.07, 6.45) is 7.90. The third-order valence-electron chi connectivity index (χ3n) is 3.00. The van der Waals surface area contributed by atoms with Crippen LogP contribution in [0.3, 0.4) is 0 Å². The van der Waals surface area contributed by atoms with Crippen LogP contribution in [0.1, 0.15) is 43.9 Å². The Morgan fingerprint density at radius 3 is 2.62 bits per heavy atom. The van der Waals surface area contributed by atoms with Crippen LogP contribution < -0.4 is 8.56 Å². The molecule has 1 aliphatic rings. The Balaban J connectivity index is 2.21. The first kappa shape index (κ1) is 12.7. The minimum absolute atomic E-state index is 1.21. The molecule has 2 rings (SSSR count). The van der Waals surface area contributed by atoms with Crippen LogP contribution in [0.5, 0.6) is 0 Å². The standard InChI is InChI=1S/C12H19NS3/c1-2-3-7-10-11(14)16-12(15-10)13-8-5-4-6-9-13/h2-9H2,1H3/p+1. The molecular formula is C12H20NS3+. The van der Waals surface area contributed by atoms with Crippen molar-refractivity contribution in [1.29, 1.82) is 0 Å². The SMILES string of the molecule is CCCCc1sc(=[N+]2CCCCC2)sc1S. The van der Waals surface area contributed by atoms with E-state index in [4.69, 9.17) is 0 Å². The van der Waals surface area contributed by atoms with Gasteiger partial charge in [0.05, 0.1) is 4.21 Å². The van der Waals surface area contributed by atoms with Gasteiger partial charge in [-0.2, -0.15) is 0 Å². The van der Waals surface area contributed by atoms with Crippen molar-refractivity contribution in [1.82, 2.24) is 4.58 Å². The van der Waals surface area contributed by atoms with Gasteiger partial charge in [-0.15, -0.1) is 12.6 Å². The van der Waals surface area contributed by atoms with Crippen LogP contribution in [0, 0.1) is 0 Å². The van der Waals surface area contributed by atoms with Crippen LogP contribution in [0.4, 0.5) is 0 Å². The average molecular weight is 274 g/mol. The monoisotopic (exact) mass is 274 g/mol. The molecule has 0 aromatic carbocycles. The molecule has 0 spiro atoms. The molecule has 0 bridgehead atoms. The lowest BCUT2D eigenvalue weighted by Gasteiger charge is -2.07. The topological polar surface area (TPSA) is 3.01 Å². The van der Waals surface area contributed by atoms with E-state index in [1.807, 2.05) is 22.7 Å². The van der Waals surface area contributed by atoms with E-state index >= 15 is 0 Å². The van der Waals surface area contributed by atoms with E-state index in [0.717, 1.165) is 0 Å². The zero-order valence-corrected chi connectivity index (χ0v) is 12.4. The zero-order valence-electron chi connectivity index (χ0n) is 9.87. The van der Waals surface area contributed by atoms with E-state index in [1.54, 1.807) is 0 Å². The Morgan fingerprint density at radius 2 is 1.94 bits per heavy atom. The van der Waals surface area contributed by atoms with E-state index in [1.165, 1.54) is 64.7 Å². The van der Waals surface area contributed by atoms with Crippen LogP contribution in [0.15, 0.2) is 4.21 Å².